The van der Waals surface area contributed by atoms with E-state index in [0.29, 0.717) is 12.1 Å². The molecule has 1 aliphatic carbocycles. The maximum Gasteiger partial charge on any atom is 0.316 e. The van der Waals surface area contributed by atoms with Crippen LogP contribution in [-0.4, -0.2) is 32.2 Å². The number of fused-ring (bicyclic) bond motifs is 1. The molecule has 1 saturated heterocycles. The van der Waals surface area contributed by atoms with Crippen LogP contribution >= 0.6 is 0 Å². The molecule has 0 spiro atoms. The van der Waals surface area contributed by atoms with Crippen molar-refractivity contribution in [2.45, 2.75) is 43.7 Å². The van der Waals surface area contributed by atoms with Gasteiger partial charge in [0.2, 0.25) is 0 Å². The maximum absolute atomic E-state index is 12.1. The number of methoxy groups -OCH3 is 1. The molecular formula is C27H30N2O2. The molecule has 0 bridgehead atoms. The highest BCUT2D eigenvalue weighted by molar-refractivity contribution is 5.87. The minimum atomic E-state index is -0.393. The third-order valence-electron chi connectivity index (χ3n) is 7.07. The van der Waals surface area contributed by atoms with Gasteiger partial charge in [0.1, 0.15) is 0 Å². The van der Waals surface area contributed by atoms with Crippen molar-refractivity contribution >= 4 is 22.4 Å². The van der Waals surface area contributed by atoms with Gasteiger partial charge in [-0.3, -0.25) is 4.79 Å². The average Bonchev–Trinajstić information content (AvgIpc) is 3.50. The molecule has 1 aliphatic heterocycles. The summed E-state index contributed by atoms with van der Waals surface area (Å²) in [5.74, 6) is -0.104. The first-order valence-electron chi connectivity index (χ1n) is 11.3. The van der Waals surface area contributed by atoms with Gasteiger partial charge in [-0.05, 0) is 60.2 Å². The van der Waals surface area contributed by atoms with E-state index in [0.717, 1.165) is 37.9 Å². The Hall–Kier alpha value is -2.85. The van der Waals surface area contributed by atoms with E-state index in [9.17, 15) is 4.79 Å². The lowest BCUT2D eigenvalue weighted by molar-refractivity contribution is -0.143. The Balaban J connectivity index is 1.25. The lowest BCUT2D eigenvalue weighted by Crippen LogP contribution is -2.34. The minimum absolute atomic E-state index is 0.104. The molecule has 0 amide bonds. The predicted molar refractivity (Wildman–Crippen MR) is 125 cm³/mol. The molecule has 3 aromatic carbocycles. The molecule has 2 aliphatic rings. The molecule has 0 aromatic heterocycles. The van der Waals surface area contributed by atoms with Gasteiger partial charge in [-0.15, -0.1) is 0 Å². The number of hydrogen-bond donors (Lipinski definition) is 1. The molecule has 31 heavy (non-hydrogen) atoms. The van der Waals surface area contributed by atoms with Crippen LogP contribution < -0.4 is 10.2 Å². The number of nitrogens with one attached hydrogen (secondary N) is 1. The summed E-state index contributed by atoms with van der Waals surface area (Å²) < 4.78 is 5.02. The fourth-order valence-corrected chi connectivity index (χ4v) is 5.12. The molecule has 160 valence electrons. The van der Waals surface area contributed by atoms with Crippen LogP contribution in [0.25, 0.3) is 10.8 Å². The molecule has 1 N–H and O–H groups in total. The van der Waals surface area contributed by atoms with Crippen LogP contribution in [0.15, 0.2) is 66.7 Å². The first-order valence-corrected chi connectivity index (χ1v) is 11.3. The van der Waals surface area contributed by atoms with Gasteiger partial charge in [0.25, 0.3) is 0 Å². The van der Waals surface area contributed by atoms with Crippen molar-refractivity contribution in [2.24, 2.45) is 0 Å². The van der Waals surface area contributed by atoms with E-state index >= 15 is 0 Å². The van der Waals surface area contributed by atoms with Crippen LogP contribution in [-0.2, 0) is 14.9 Å². The van der Waals surface area contributed by atoms with Crippen molar-refractivity contribution in [3.8, 4) is 0 Å². The van der Waals surface area contributed by atoms with Gasteiger partial charge in [0, 0.05) is 30.9 Å². The zero-order chi connectivity index (χ0) is 21.4. The second-order valence-corrected chi connectivity index (χ2v) is 9.01. The number of esters is 1. The number of hydrogen-bond acceptors (Lipinski definition) is 4. The summed E-state index contributed by atoms with van der Waals surface area (Å²) in [5.41, 5.74) is 3.28. The molecule has 5 rings (SSSR count). The van der Waals surface area contributed by atoms with Crippen LogP contribution in [0.2, 0.25) is 0 Å². The van der Waals surface area contributed by atoms with E-state index in [-0.39, 0.29) is 5.97 Å². The molecular weight excluding hydrogens is 384 g/mol. The van der Waals surface area contributed by atoms with Crippen molar-refractivity contribution in [3.05, 3.63) is 77.9 Å². The van der Waals surface area contributed by atoms with Crippen LogP contribution in [0, 0.1) is 0 Å². The van der Waals surface area contributed by atoms with Crippen LogP contribution in [0.1, 0.15) is 43.4 Å². The number of carbonyl (C=O) groups excluding carboxylic acids is 1. The fourth-order valence-electron chi connectivity index (χ4n) is 5.12. The number of benzene rings is 3. The molecule has 4 heteroatoms. The second-order valence-electron chi connectivity index (χ2n) is 9.01. The normalized spacial score (nSPS) is 20.6. The van der Waals surface area contributed by atoms with Crippen molar-refractivity contribution in [1.29, 1.82) is 0 Å². The van der Waals surface area contributed by atoms with Crippen LogP contribution in [0.4, 0.5) is 5.69 Å². The van der Waals surface area contributed by atoms with E-state index in [4.69, 9.17) is 4.74 Å². The summed E-state index contributed by atoms with van der Waals surface area (Å²) in [7, 11) is 1.48. The Morgan fingerprint density at radius 1 is 1.06 bits per heavy atom. The third kappa shape index (κ3) is 3.70. The van der Waals surface area contributed by atoms with Gasteiger partial charge in [-0.1, -0.05) is 54.6 Å². The number of nitrogens with zero attached hydrogens (tertiary/aromatic N) is 1. The lowest BCUT2D eigenvalue weighted by Gasteiger charge is -2.23. The molecule has 3 aromatic rings. The molecule has 0 unspecified atom stereocenters. The zero-order valence-electron chi connectivity index (χ0n) is 18.3. The Morgan fingerprint density at radius 2 is 1.81 bits per heavy atom. The highest BCUT2D eigenvalue weighted by Gasteiger charge is 2.52. The number of anilines is 1. The van der Waals surface area contributed by atoms with E-state index < -0.39 is 5.41 Å². The summed E-state index contributed by atoms with van der Waals surface area (Å²) in [4.78, 5) is 14.6. The van der Waals surface area contributed by atoms with Crippen molar-refractivity contribution in [1.82, 2.24) is 5.32 Å². The van der Waals surface area contributed by atoms with Crippen LogP contribution in [0.5, 0.6) is 0 Å². The monoisotopic (exact) mass is 414 g/mol. The van der Waals surface area contributed by atoms with Gasteiger partial charge >= 0.3 is 5.97 Å². The molecule has 2 atom stereocenters. The second kappa shape index (κ2) is 8.01. The number of ether oxygens (including phenoxy) is 1. The Labute approximate surface area is 184 Å². The first-order chi connectivity index (χ1) is 15.1. The quantitative estimate of drug-likeness (QED) is 0.578. The third-order valence-corrected chi connectivity index (χ3v) is 7.07. The SMILES string of the molecule is COC(=O)C1(c2ccc(N3CC[C@H](N[C@H](C)c4cccc5ccccc45)C3)cc2)CC1. The standard InChI is InChI=1S/C27H30N2O2/c1-19(24-9-5-7-20-6-3-4-8-25(20)24)28-22-14-17-29(18-22)23-12-10-21(11-13-23)27(15-16-27)26(30)31-2/h3-13,19,22,28H,14-18H2,1-2H3/t19-,22+/m1/s1. The van der Waals surface area contributed by atoms with E-state index in [1.807, 2.05) is 0 Å². The highest BCUT2D eigenvalue weighted by Crippen LogP contribution is 2.49. The minimum Gasteiger partial charge on any atom is -0.468 e. The fraction of sp³-hybridized carbons (Fsp3) is 0.370. The summed E-state index contributed by atoms with van der Waals surface area (Å²) in [6.07, 6.45) is 2.91. The van der Waals surface area contributed by atoms with Gasteiger partial charge in [0.05, 0.1) is 12.5 Å². The van der Waals surface area contributed by atoms with E-state index in [1.54, 1.807) is 0 Å². The largest absolute Gasteiger partial charge is 0.468 e. The molecule has 1 heterocycles. The zero-order valence-corrected chi connectivity index (χ0v) is 18.3. The lowest BCUT2D eigenvalue weighted by atomic mass is 9.96. The van der Waals surface area contributed by atoms with Crippen LogP contribution in [0.3, 0.4) is 0 Å². The topological polar surface area (TPSA) is 41.6 Å². The van der Waals surface area contributed by atoms with Crippen molar-refractivity contribution in [2.75, 3.05) is 25.1 Å². The maximum atomic E-state index is 12.1. The Morgan fingerprint density at radius 3 is 2.55 bits per heavy atom. The molecule has 1 saturated carbocycles. The Bertz CT molecular complexity index is 1080. The summed E-state index contributed by atoms with van der Waals surface area (Å²) in [5, 5.41) is 6.47. The van der Waals surface area contributed by atoms with Gasteiger partial charge in [0.15, 0.2) is 0 Å². The predicted octanol–water partition coefficient (Wildman–Crippen LogP) is 4.97. The van der Waals surface area contributed by atoms with Gasteiger partial charge in [-0.2, -0.15) is 0 Å². The van der Waals surface area contributed by atoms with Gasteiger partial charge < -0.3 is 15.0 Å². The number of rotatable bonds is 6. The average molecular weight is 415 g/mol. The number of carbonyl (C=O) groups is 1. The first kappa shape index (κ1) is 20.1. The summed E-state index contributed by atoms with van der Waals surface area (Å²) in [6.45, 7) is 4.30. The molecule has 4 nitrogen and oxygen atoms in total. The Kier molecular flexibility index (Phi) is 5.19. The van der Waals surface area contributed by atoms with Crippen molar-refractivity contribution < 1.29 is 9.53 Å². The highest BCUT2D eigenvalue weighted by atomic mass is 16.5. The van der Waals surface area contributed by atoms with Gasteiger partial charge in [-0.25, -0.2) is 0 Å². The van der Waals surface area contributed by atoms with Crippen molar-refractivity contribution in [3.63, 3.8) is 0 Å². The summed E-state index contributed by atoms with van der Waals surface area (Å²) in [6, 6.07) is 24.5. The van der Waals surface area contributed by atoms with E-state index in [1.165, 1.54) is 29.1 Å². The van der Waals surface area contributed by atoms with E-state index in [2.05, 4.69) is 83.9 Å². The molecule has 0 radical (unpaired) electrons. The smallest absolute Gasteiger partial charge is 0.316 e. The molecule has 2 fully saturated rings. The summed E-state index contributed by atoms with van der Waals surface area (Å²) >= 11 is 0.